The molecule has 0 bridgehead atoms. The molecule has 0 radical (unpaired) electrons. The molecule has 0 saturated carbocycles. The minimum absolute atomic E-state index is 0.126. The van der Waals surface area contributed by atoms with E-state index in [1.54, 1.807) is 12.2 Å². The highest BCUT2D eigenvalue weighted by Gasteiger charge is 2.25. The van der Waals surface area contributed by atoms with E-state index in [9.17, 15) is 9.59 Å². The SMILES string of the molecule is CCC(C)NC(=O)NC1C=CC(C(=O)O)C1. The molecule has 3 N–H and O–H groups in total. The average Bonchev–Trinajstić information content (AvgIpc) is 2.65. The minimum atomic E-state index is -0.845. The van der Waals surface area contributed by atoms with Crippen LogP contribution in [0.3, 0.4) is 0 Å². The summed E-state index contributed by atoms with van der Waals surface area (Å²) >= 11 is 0. The smallest absolute Gasteiger partial charge is 0.315 e. The summed E-state index contributed by atoms with van der Waals surface area (Å²) < 4.78 is 0. The second-order valence-corrected chi connectivity index (χ2v) is 4.10. The van der Waals surface area contributed by atoms with Crippen LogP contribution >= 0.6 is 0 Å². The van der Waals surface area contributed by atoms with Crippen LogP contribution in [0.1, 0.15) is 26.7 Å². The minimum Gasteiger partial charge on any atom is -0.481 e. The lowest BCUT2D eigenvalue weighted by Gasteiger charge is -2.16. The number of carbonyl (C=O) groups excluding carboxylic acids is 1. The molecule has 16 heavy (non-hydrogen) atoms. The van der Waals surface area contributed by atoms with Gasteiger partial charge in [0, 0.05) is 6.04 Å². The normalized spacial score (nSPS) is 25.1. The third-order valence-electron chi connectivity index (χ3n) is 2.71. The topological polar surface area (TPSA) is 78.4 Å². The average molecular weight is 226 g/mol. The molecule has 0 aromatic heterocycles. The Kier molecular flexibility index (Phi) is 4.34. The van der Waals surface area contributed by atoms with Crippen molar-refractivity contribution in [3.8, 4) is 0 Å². The Hall–Kier alpha value is -1.52. The maximum Gasteiger partial charge on any atom is 0.315 e. The zero-order chi connectivity index (χ0) is 12.1. The van der Waals surface area contributed by atoms with Gasteiger partial charge < -0.3 is 15.7 Å². The lowest BCUT2D eigenvalue weighted by atomic mass is 10.1. The fourth-order valence-corrected chi connectivity index (χ4v) is 1.53. The van der Waals surface area contributed by atoms with Crippen LogP contribution in [-0.2, 0) is 4.79 Å². The summed E-state index contributed by atoms with van der Waals surface area (Å²) in [5, 5.41) is 14.3. The zero-order valence-corrected chi connectivity index (χ0v) is 9.56. The van der Waals surface area contributed by atoms with Gasteiger partial charge in [-0.1, -0.05) is 19.1 Å². The molecule has 5 heteroatoms. The Morgan fingerprint density at radius 3 is 2.69 bits per heavy atom. The van der Waals surface area contributed by atoms with Crippen molar-refractivity contribution in [1.82, 2.24) is 10.6 Å². The fraction of sp³-hybridized carbons (Fsp3) is 0.636. The van der Waals surface area contributed by atoms with Crippen molar-refractivity contribution in [2.75, 3.05) is 0 Å². The van der Waals surface area contributed by atoms with Gasteiger partial charge in [-0.25, -0.2) is 4.79 Å². The van der Waals surface area contributed by atoms with Gasteiger partial charge in [-0.15, -0.1) is 0 Å². The Morgan fingerprint density at radius 1 is 1.50 bits per heavy atom. The summed E-state index contributed by atoms with van der Waals surface area (Å²) in [4.78, 5) is 22.1. The van der Waals surface area contributed by atoms with E-state index in [-0.39, 0.29) is 18.1 Å². The number of amides is 2. The molecule has 5 nitrogen and oxygen atoms in total. The highest BCUT2D eigenvalue weighted by Crippen LogP contribution is 2.17. The number of aliphatic carboxylic acids is 1. The first kappa shape index (κ1) is 12.5. The molecule has 3 atom stereocenters. The Balaban J connectivity index is 2.32. The number of carbonyl (C=O) groups is 2. The van der Waals surface area contributed by atoms with E-state index < -0.39 is 11.9 Å². The monoisotopic (exact) mass is 226 g/mol. The Labute approximate surface area is 94.9 Å². The van der Waals surface area contributed by atoms with Crippen LogP contribution in [0, 0.1) is 5.92 Å². The van der Waals surface area contributed by atoms with Crippen molar-refractivity contribution in [3.63, 3.8) is 0 Å². The van der Waals surface area contributed by atoms with E-state index in [1.807, 2.05) is 13.8 Å². The molecule has 1 aliphatic carbocycles. The zero-order valence-electron chi connectivity index (χ0n) is 9.56. The molecule has 0 aromatic carbocycles. The fourth-order valence-electron chi connectivity index (χ4n) is 1.53. The van der Waals surface area contributed by atoms with Crippen molar-refractivity contribution in [3.05, 3.63) is 12.2 Å². The third kappa shape index (κ3) is 3.56. The molecule has 0 spiro atoms. The summed E-state index contributed by atoms with van der Waals surface area (Å²) in [5.74, 6) is -1.32. The number of hydrogen-bond donors (Lipinski definition) is 3. The first-order valence-electron chi connectivity index (χ1n) is 5.51. The molecule has 1 aliphatic rings. The molecule has 0 fully saturated rings. The summed E-state index contributed by atoms with van der Waals surface area (Å²) in [5.41, 5.74) is 0. The van der Waals surface area contributed by atoms with E-state index in [0.717, 1.165) is 6.42 Å². The van der Waals surface area contributed by atoms with Gasteiger partial charge in [0.15, 0.2) is 0 Å². The van der Waals surface area contributed by atoms with Crippen molar-refractivity contribution < 1.29 is 14.7 Å². The summed E-state index contributed by atoms with van der Waals surface area (Å²) in [6.07, 6.45) is 4.65. The Morgan fingerprint density at radius 2 is 2.19 bits per heavy atom. The number of carboxylic acids is 1. The molecule has 0 heterocycles. The van der Waals surface area contributed by atoms with Gasteiger partial charge >= 0.3 is 12.0 Å². The number of urea groups is 1. The molecule has 0 aliphatic heterocycles. The van der Waals surface area contributed by atoms with Crippen LogP contribution in [0.25, 0.3) is 0 Å². The highest BCUT2D eigenvalue weighted by atomic mass is 16.4. The molecule has 0 saturated heterocycles. The van der Waals surface area contributed by atoms with Crippen molar-refractivity contribution in [2.24, 2.45) is 5.92 Å². The lowest BCUT2D eigenvalue weighted by molar-refractivity contribution is -0.140. The molecule has 3 unspecified atom stereocenters. The van der Waals surface area contributed by atoms with Gasteiger partial charge in [0.25, 0.3) is 0 Å². The van der Waals surface area contributed by atoms with E-state index in [2.05, 4.69) is 10.6 Å². The Bertz CT molecular complexity index is 302. The summed E-state index contributed by atoms with van der Waals surface area (Å²) in [7, 11) is 0. The van der Waals surface area contributed by atoms with Crippen molar-refractivity contribution in [1.29, 1.82) is 0 Å². The van der Waals surface area contributed by atoms with Crippen LogP contribution in [0.5, 0.6) is 0 Å². The number of carboxylic acid groups (broad SMARTS) is 1. The maximum atomic E-state index is 11.4. The van der Waals surface area contributed by atoms with Crippen LogP contribution in [0.4, 0.5) is 4.79 Å². The largest absolute Gasteiger partial charge is 0.481 e. The van der Waals surface area contributed by atoms with Crippen molar-refractivity contribution >= 4 is 12.0 Å². The predicted molar refractivity (Wildman–Crippen MR) is 60.1 cm³/mol. The van der Waals surface area contributed by atoms with Gasteiger partial charge in [-0.2, -0.15) is 0 Å². The van der Waals surface area contributed by atoms with Crippen molar-refractivity contribution in [2.45, 2.75) is 38.8 Å². The van der Waals surface area contributed by atoms with E-state index in [0.29, 0.717) is 6.42 Å². The molecule has 1 rings (SSSR count). The van der Waals surface area contributed by atoms with Crippen LogP contribution in [-0.4, -0.2) is 29.2 Å². The van der Waals surface area contributed by atoms with Crippen LogP contribution in [0.2, 0.25) is 0 Å². The second kappa shape index (κ2) is 5.53. The molecular weight excluding hydrogens is 208 g/mol. The second-order valence-electron chi connectivity index (χ2n) is 4.10. The van der Waals surface area contributed by atoms with Crippen LogP contribution < -0.4 is 10.6 Å². The van der Waals surface area contributed by atoms with E-state index in [4.69, 9.17) is 5.11 Å². The number of rotatable bonds is 4. The first-order valence-corrected chi connectivity index (χ1v) is 5.51. The van der Waals surface area contributed by atoms with Gasteiger partial charge in [0.1, 0.15) is 0 Å². The molecule has 0 aromatic rings. The van der Waals surface area contributed by atoms with Gasteiger partial charge in [0.2, 0.25) is 0 Å². The third-order valence-corrected chi connectivity index (χ3v) is 2.71. The lowest BCUT2D eigenvalue weighted by Crippen LogP contribution is -2.44. The summed E-state index contributed by atoms with van der Waals surface area (Å²) in [6, 6.07) is -0.291. The van der Waals surface area contributed by atoms with Gasteiger partial charge in [0.05, 0.1) is 12.0 Å². The number of hydrogen-bond acceptors (Lipinski definition) is 2. The van der Waals surface area contributed by atoms with Gasteiger partial charge in [-0.05, 0) is 19.8 Å². The highest BCUT2D eigenvalue weighted by molar-refractivity contribution is 5.76. The quantitative estimate of drug-likeness (QED) is 0.628. The van der Waals surface area contributed by atoms with Crippen LogP contribution in [0.15, 0.2) is 12.2 Å². The molecule has 90 valence electrons. The molecule has 2 amide bonds. The number of nitrogens with one attached hydrogen (secondary N) is 2. The summed E-state index contributed by atoms with van der Waals surface area (Å²) in [6.45, 7) is 3.91. The first-order chi connectivity index (χ1) is 7.52. The maximum absolute atomic E-state index is 11.4. The predicted octanol–water partition coefficient (Wildman–Crippen LogP) is 1.11. The standard InChI is InChI=1S/C11H18N2O3/c1-3-7(2)12-11(16)13-9-5-4-8(6-9)10(14)15/h4-5,7-9H,3,6H2,1-2H3,(H,14,15)(H2,12,13,16). The molecular formula is C11H18N2O3. The van der Waals surface area contributed by atoms with Gasteiger partial charge in [-0.3, -0.25) is 4.79 Å². The van der Waals surface area contributed by atoms with E-state index >= 15 is 0 Å². The van der Waals surface area contributed by atoms with E-state index in [1.165, 1.54) is 0 Å².